The van der Waals surface area contributed by atoms with Crippen LogP contribution in [0.15, 0.2) is 41.3 Å². The number of piperazine rings is 1. The Balaban J connectivity index is 1.34. The molecule has 1 atom stereocenters. The summed E-state index contributed by atoms with van der Waals surface area (Å²) in [5.41, 5.74) is -1.03. The first-order chi connectivity index (χ1) is 21.9. The third-order valence-corrected chi connectivity index (χ3v) is 12.0. The van der Waals surface area contributed by atoms with Crippen LogP contribution in [0.5, 0.6) is 11.5 Å². The van der Waals surface area contributed by atoms with Crippen LogP contribution < -0.4 is 19.8 Å². The second-order valence-corrected chi connectivity index (χ2v) is 15.5. The van der Waals surface area contributed by atoms with Gasteiger partial charge in [0.25, 0.3) is 5.08 Å². The molecule has 1 amide bonds. The van der Waals surface area contributed by atoms with Crippen molar-refractivity contribution in [2.75, 3.05) is 31.6 Å². The number of hydrogen-bond acceptors (Lipinski definition) is 9. The highest BCUT2D eigenvalue weighted by Crippen LogP contribution is 2.68. The smallest absolute Gasteiger partial charge is 0.415 e. The van der Waals surface area contributed by atoms with E-state index in [1.165, 1.54) is 42.5 Å². The molecule has 3 aromatic rings. The van der Waals surface area contributed by atoms with E-state index in [2.05, 4.69) is 0 Å². The number of pyridine rings is 1. The van der Waals surface area contributed by atoms with Crippen LogP contribution in [-0.2, 0) is 15.6 Å². The van der Waals surface area contributed by atoms with Gasteiger partial charge in [0.05, 0.1) is 18.0 Å². The summed E-state index contributed by atoms with van der Waals surface area (Å²) in [5.74, 6) is -2.17. The molecule has 47 heavy (non-hydrogen) atoms. The van der Waals surface area contributed by atoms with Crippen molar-refractivity contribution in [1.82, 2.24) is 9.47 Å². The number of fused-ring (bicyclic) bond motifs is 1. The Morgan fingerprint density at radius 3 is 2.19 bits per heavy atom. The molecule has 0 radical (unpaired) electrons. The monoisotopic (exact) mass is 699 g/mol. The van der Waals surface area contributed by atoms with E-state index < -0.39 is 61.6 Å². The number of hydrogen-bond donors (Lipinski definition) is 6. The van der Waals surface area contributed by atoms with Crippen molar-refractivity contribution in [3.63, 3.8) is 0 Å². The summed E-state index contributed by atoms with van der Waals surface area (Å²) in [6.07, 6.45) is 0.892. The van der Waals surface area contributed by atoms with Crippen molar-refractivity contribution in [3.8, 4) is 11.5 Å². The average molecular weight is 700 g/mol. The first-order valence-electron chi connectivity index (χ1n) is 14.2. The Bertz CT molecular complexity index is 1880. The largest absolute Gasteiger partial charge is 0.492 e. The fraction of sp³-hybridized carbons (Fsp3) is 0.393. The molecule has 6 N–H and O–H groups in total. The minimum atomic E-state index is -5.67. The van der Waals surface area contributed by atoms with E-state index in [0.717, 1.165) is 18.9 Å². The second kappa shape index (κ2) is 12.3. The Morgan fingerprint density at radius 2 is 1.68 bits per heavy atom. The minimum Gasteiger partial charge on any atom is -0.492 e. The van der Waals surface area contributed by atoms with E-state index in [0.29, 0.717) is 0 Å². The molecule has 2 heterocycles. The zero-order chi connectivity index (χ0) is 34.6. The molecule has 1 saturated carbocycles. The number of carboxylic acids is 1. The maximum Gasteiger partial charge on any atom is 0.415 e. The predicted octanol–water partition coefficient (Wildman–Crippen LogP) is 2.44. The summed E-state index contributed by atoms with van der Waals surface area (Å²) in [6, 6.07) is 5.20. The highest BCUT2D eigenvalue weighted by Gasteiger charge is 2.59. The zero-order valence-corrected chi connectivity index (χ0v) is 26.8. The van der Waals surface area contributed by atoms with Crippen molar-refractivity contribution < 1.29 is 62.4 Å². The topological polar surface area (TPSA) is 237 Å². The number of carboxylic acid groups (broad SMARTS) is 1. The van der Waals surface area contributed by atoms with Crippen LogP contribution >= 0.6 is 15.2 Å². The molecule has 0 spiro atoms. The lowest BCUT2D eigenvalue weighted by molar-refractivity contribution is 0.0694. The number of carbonyl (C=O) groups is 2. The zero-order valence-electron chi connectivity index (χ0n) is 25.0. The molecule has 5 rings (SSSR count). The van der Waals surface area contributed by atoms with Gasteiger partial charge >= 0.3 is 27.3 Å². The summed E-state index contributed by atoms with van der Waals surface area (Å²) in [4.78, 5) is 78.3. The van der Waals surface area contributed by atoms with Gasteiger partial charge in [-0.05, 0) is 43.5 Å². The van der Waals surface area contributed by atoms with Crippen molar-refractivity contribution in [2.45, 2.75) is 43.4 Å². The minimum absolute atomic E-state index is 0.00898. The number of methoxy groups -OCH3 is 1. The Kier molecular flexibility index (Phi) is 9.05. The van der Waals surface area contributed by atoms with E-state index in [-0.39, 0.29) is 59.3 Å². The fourth-order valence-electron chi connectivity index (χ4n) is 5.64. The molecule has 254 valence electrons. The van der Waals surface area contributed by atoms with Crippen LogP contribution in [0.2, 0.25) is 0 Å². The quantitative estimate of drug-likeness (QED) is 0.176. The van der Waals surface area contributed by atoms with Gasteiger partial charge in [-0.3, -0.25) is 13.9 Å². The third-order valence-electron chi connectivity index (χ3n) is 8.25. The number of nitrogens with zero attached hydrogens (tertiary/aromatic N) is 3. The van der Waals surface area contributed by atoms with Crippen molar-refractivity contribution in [3.05, 3.63) is 63.7 Å². The third kappa shape index (κ3) is 6.40. The number of benzene rings is 2. The van der Waals surface area contributed by atoms with Crippen molar-refractivity contribution in [2.24, 2.45) is 0 Å². The normalized spacial score (nSPS) is 17.6. The number of rotatable bonds is 9. The summed E-state index contributed by atoms with van der Waals surface area (Å²) in [7, 11) is -10.0. The van der Waals surface area contributed by atoms with Gasteiger partial charge in [0.1, 0.15) is 17.0 Å². The van der Waals surface area contributed by atoms with E-state index >= 15 is 4.39 Å². The number of aliphatic hydroxyl groups is 1. The number of carbonyl (C=O) groups excluding carboxylic acids is 1. The lowest BCUT2D eigenvalue weighted by atomic mass is 10.1. The Morgan fingerprint density at radius 1 is 1.06 bits per heavy atom. The second-order valence-electron chi connectivity index (χ2n) is 11.5. The fourth-order valence-corrected chi connectivity index (χ4v) is 7.78. The predicted molar refractivity (Wildman–Crippen MR) is 164 cm³/mol. The van der Waals surface area contributed by atoms with Gasteiger partial charge in [-0.25, -0.2) is 14.0 Å². The van der Waals surface area contributed by atoms with Gasteiger partial charge < -0.3 is 53.6 Å². The molecule has 2 fully saturated rings. The lowest BCUT2D eigenvalue weighted by Crippen LogP contribution is -2.55. The molecule has 1 aliphatic carbocycles. The molecule has 16 nitrogen and oxygen atoms in total. The van der Waals surface area contributed by atoms with Gasteiger partial charge in [-0.15, -0.1) is 0 Å². The molecule has 2 aromatic carbocycles. The SMILES string of the molecule is COc1c(N2CCN(C(=O)Oc3ccc(CC(O)(P(=O)(O)O)P(=O)(O)O)cc3)C(C)C2)c(F)cc2c(=O)c(C(=O)O)cn(C3CC3)c12. The molecular formula is C28H32FN3O13P2. The highest BCUT2D eigenvalue weighted by atomic mass is 31.2. The first kappa shape index (κ1) is 34.5. The molecule has 0 bridgehead atoms. The summed E-state index contributed by atoms with van der Waals surface area (Å²) >= 11 is 0. The van der Waals surface area contributed by atoms with Crippen LogP contribution in [-0.4, -0.2) is 89.2 Å². The highest BCUT2D eigenvalue weighted by molar-refractivity contribution is 7.72. The number of halogens is 1. The van der Waals surface area contributed by atoms with Gasteiger partial charge in [0, 0.05) is 44.3 Å². The van der Waals surface area contributed by atoms with Crippen molar-refractivity contribution >= 4 is 43.8 Å². The van der Waals surface area contributed by atoms with Crippen LogP contribution in [0.25, 0.3) is 10.9 Å². The van der Waals surface area contributed by atoms with Crippen molar-refractivity contribution in [1.29, 1.82) is 0 Å². The molecule has 1 aliphatic heterocycles. The van der Waals surface area contributed by atoms with Crippen LogP contribution in [0.1, 0.15) is 41.7 Å². The van der Waals surface area contributed by atoms with Gasteiger partial charge in [0.2, 0.25) is 5.43 Å². The Hall–Kier alpha value is -3.82. The molecular weight excluding hydrogens is 667 g/mol. The first-order valence-corrected chi connectivity index (χ1v) is 17.4. The summed E-state index contributed by atoms with van der Waals surface area (Å²) in [5, 5.41) is 15.9. The maximum atomic E-state index is 15.7. The number of amides is 1. The van der Waals surface area contributed by atoms with E-state index in [4.69, 9.17) is 9.47 Å². The number of anilines is 1. The summed E-state index contributed by atoms with van der Waals surface area (Å²) < 4.78 is 51.7. The van der Waals surface area contributed by atoms with Gasteiger partial charge in [-0.2, -0.15) is 0 Å². The number of aromatic carboxylic acids is 1. The maximum absolute atomic E-state index is 15.7. The molecule has 1 aromatic heterocycles. The molecule has 2 aliphatic rings. The molecule has 19 heteroatoms. The van der Waals surface area contributed by atoms with Crippen LogP contribution in [0, 0.1) is 5.82 Å². The summed E-state index contributed by atoms with van der Waals surface area (Å²) in [6.45, 7) is 2.02. The van der Waals surface area contributed by atoms with E-state index in [1.807, 2.05) is 0 Å². The Labute approximate surface area is 265 Å². The molecule has 1 saturated heterocycles. The van der Waals surface area contributed by atoms with Crippen LogP contribution in [0.4, 0.5) is 14.9 Å². The van der Waals surface area contributed by atoms with Crippen LogP contribution in [0.3, 0.4) is 0 Å². The lowest BCUT2D eigenvalue weighted by Gasteiger charge is -2.40. The number of aromatic nitrogens is 1. The van der Waals surface area contributed by atoms with E-state index in [9.17, 15) is 53.3 Å². The molecule has 1 unspecified atom stereocenters. The van der Waals surface area contributed by atoms with Gasteiger partial charge in [-0.1, -0.05) is 12.1 Å². The van der Waals surface area contributed by atoms with E-state index in [1.54, 1.807) is 16.4 Å². The average Bonchev–Trinajstić information content (AvgIpc) is 3.82. The van der Waals surface area contributed by atoms with Gasteiger partial charge in [0.15, 0.2) is 11.6 Å². The standard InChI is InChI=1S/C28H32FN3O13P2/c1-15-13-30(23-21(29)11-19-22(25(23)44-2)32(17-5-6-17)14-20(24(19)33)26(34)35)9-10-31(15)27(36)45-18-7-3-16(4-8-18)12-28(37,46(38,39)40)47(41,42)43/h3-4,7-8,11,14-15,17,37H,5-6,9-10,12-13H2,1-2H3,(H,34,35)(H2,38,39,40)(H2,41,42,43). The number of ether oxygens (including phenoxy) is 2.